The Bertz CT molecular complexity index is 723. The van der Waals surface area contributed by atoms with Crippen molar-refractivity contribution in [2.75, 3.05) is 11.9 Å². The third kappa shape index (κ3) is 3.50. The Balaban J connectivity index is 1.84. The van der Waals surface area contributed by atoms with Crippen molar-refractivity contribution in [1.82, 2.24) is 9.78 Å². The number of ether oxygens (including phenoxy) is 1. The smallest absolute Gasteiger partial charge is 0.262 e. The minimum Gasteiger partial charge on any atom is -0.492 e. The number of nitrogens with zero attached hydrogens (tertiary/aromatic N) is 2. The first-order valence-electron chi connectivity index (χ1n) is 7.85. The van der Waals surface area contributed by atoms with Gasteiger partial charge in [-0.05, 0) is 44.7 Å². The van der Waals surface area contributed by atoms with Gasteiger partial charge in [-0.2, -0.15) is 5.10 Å². The third-order valence-corrected chi connectivity index (χ3v) is 4.24. The molecule has 0 spiro atoms. The standard InChI is InChI=1S/C17H20ClN3O2/c1-3-21-16(11(2)9-19-21)20-17(22)15-13(18)5-4-6-14(15)23-10-12-7-8-12/h4-6,9,12H,3,7-8,10H2,1-2H3,(H,20,22). The fourth-order valence-corrected chi connectivity index (χ4v) is 2.64. The molecular formula is C17H20ClN3O2. The zero-order chi connectivity index (χ0) is 16.4. The molecule has 1 amide bonds. The first-order chi connectivity index (χ1) is 11.1. The van der Waals surface area contributed by atoms with Gasteiger partial charge in [-0.15, -0.1) is 0 Å². The van der Waals surface area contributed by atoms with Crippen LogP contribution in [0, 0.1) is 12.8 Å². The molecule has 6 heteroatoms. The number of halogens is 1. The summed E-state index contributed by atoms with van der Waals surface area (Å²) in [5, 5.41) is 7.52. The van der Waals surface area contributed by atoms with E-state index in [9.17, 15) is 4.79 Å². The van der Waals surface area contributed by atoms with Crippen molar-refractivity contribution in [2.24, 2.45) is 5.92 Å². The van der Waals surface area contributed by atoms with E-state index in [-0.39, 0.29) is 5.91 Å². The average molecular weight is 334 g/mol. The second-order valence-corrected chi connectivity index (χ2v) is 6.22. The Morgan fingerprint density at radius 3 is 2.96 bits per heavy atom. The van der Waals surface area contributed by atoms with Gasteiger partial charge in [-0.3, -0.25) is 4.79 Å². The van der Waals surface area contributed by atoms with Crippen LogP contribution in [0.25, 0.3) is 0 Å². The van der Waals surface area contributed by atoms with Gasteiger partial charge in [-0.25, -0.2) is 4.68 Å². The van der Waals surface area contributed by atoms with Gasteiger partial charge >= 0.3 is 0 Å². The van der Waals surface area contributed by atoms with Crippen LogP contribution in [-0.4, -0.2) is 22.3 Å². The largest absolute Gasteiger partial charge is 0.492 e. The molecule has 1 fully saturated rings. The van der Waals surface area contributed by atoms with Crippen molar-refractivity contribution >= 4 is 23.3 Å². The Morgan fingerprint density at radius 2 is 2.26 bits per heavy atom. The fourth-order valence-electron chi connectivity index (χ4n) is 2.39. The highest BCUT2D eigenvalue weighted by Gasteiger charge is 2.24. The van der Waals surface area contributed by atoms with Crippen LogP contribution in [0.4, 0.5) is 5.82 Å². The predicted molar refractivity (Wildman–Crippen MR) is 90.3 cm³/mol. The van der Waals surface area contributed by atoms with Crippen molar-refractivity contribution < 1.29 is 9.53 Å². The molecule has 1 saturated carbocycles. The molecule has 1 heterocycles. The van der Waals surface area contributed by atoms with Crippen LogP contribution in [0.3, 0.4) is 0 Å². The summed E-state index contributed by atoms with van der Waals surface area (Å²) >= 11 is 6.25. The van der Waals surface area contributed by atoms with E-state index >= 15 is 0 Å². The van der Waals surface area contributed by atoms with Gasteiger partial charge in [0.15, 0.2) is 0 Å². The summed E-state index contributed by atoms with van der Waals surface area (Å²) in [6, 6.07) is 5.28. The van der Waals surface area contributed by atoms with Crippen LogP contribution in [-0.2, 0) is 6.54 Å². The number of aryl methyl sites for hydroxylation is 2. The molecule has 0 atom stereocenters. The van der Waals surface area contributed by atoms with Crippen LogP contribution in [0.2, 0.25) is 5.02 Å². The molecule has 0 saturated heterocycles. The summed E-state index contributed by atoms with van der Waals surface area (Å²) in [4.78, 5) is 12.7. The van der Waals surface area contributed by atoms with Gasteiger partial charge in [0.05, 0.1) is 17.8 Å². The monoisotopic (exact) mass is 333 g/mol. The van der Waals surface area contributed by atoms with Crippen molar-refractivity contribution in [2.45, 2.75) is 33.2 Å². The van der Waals surface area contributed by atoms with Crippen molar-refractivity contribution in [1.29, 1.82) is 0 Å². The highest BCUT2D eigenvalue weighted by Crippen LogP contribution is 2.32. The van der Waals surface area contributed by atoms with Crippen LogP contribution < -0.4 is 10.1 Å². The van der Waals surface area contributed by atoms with Gasteiger partial charge in [0.2, 0.25) is 0 Å². The molecule has 0 unspecified atom stereocenters. The maximum atomic E-state index is 12.7. The second kappa shape index (κ2) is 6.62. The number of hydrogen-bond acceptors (Lipinski definition) is 3. The number of benzene rings is 1. The van der Waals surface area contributed by atoms with E-state index < -0.39 is 0 Å². The highest BCUT2D eigenvalue weighted by molar-refractivity contribution is 6.34. The first kappa shape index (κ1) is 15.9. The predicted octanol–water partition coefficient (Wildman–Crippen LogP) is 3.91. The number of carbonyl (C=O) groups excluding carboxylic acids is 1. The quantitative estimate of drug-likeness (QED) is 0.872. The summed E-state index contributed by atoms with van der Waals surface area (Å²) in [5.74, 6) is 1.54. The molecule has 1 aliphatic carbocycles. The zero-order valence-corrected chi connectivity index (χ0v) is 14.1. The van der Waals surface area contributed by atoms with E-state index in [0.29, 0.717) is 41.2 Å². The number of aromatic nitrogens is 2. The molecule has 2 aromatic rings. The van der Waals surface area contributed by atoms with Gasteiger partial charge in [0.1, 0.15) is 17.1 Å². The Kier molecular flexibility index (Phi) is 4.57. The first-order valence-corrected chi connectivity index (χ1v) is 8.23. The van der Waals surface area contributed by atoms with E-state index in [1.165, 1.54) is 12.8 Å². The number of rotatable bonds is 6. The molecule has 1 N–H and O–H groups in total. The van der Waals surface area contributed by atoms with E-state index in [2.05, 4.69) is 10.4 Å². The maximum Gasteiger partial charge on any atom is 0.262 e. The van der Waals surface area contributed by atoms with Gasteiger partial charge in [-0.1, -0.05) is 17.7 Å². The lowest BCUT2D eigenvalue weighted by molar-refractivity contribution is 0.102. The van der Waals surface area contributed by atoms with Gasteiger partial charge in [0.25, 0.3) is 5.91 Å². The number of anilines is 1. The summed E-state index contributed by atoms with van der Waals surface area (Å²) in [6.07, 6.45) is 4.12. The van der Waals surface area contributed by atoms with E-state index in [1.807, 2.05) is 13.8 Å². The molecule has 23 heavy (non-hydrogen) atoms. The van der Waals surface area contributed by atoms with Crippen LogP contribution in [0.15, 0.2) is 24.4 Å². The number of nitrogens with one attached hydrogen (secondary N) is 1. The minimum atomic E-state index is -0.278. The molecule has 0 radical (unpaired) electrons. The number of hydrogen-bond donors (Lipinski definition) is 1. The Hall–Kier alpha value is -2.01. The van der Waals surface area contributed by atoms with Crippen LogP contribution in [0.5, 0.6) is 5.75 Å². The molecule has 1 aromatic heterocycles. The second-order valence-electron chi connectivity index (χ2n) is 5.81. The normalized spacial score (nSPS) is 13.9. The Labute approximate surface area is 140 Å². The molecule has 5 nitrogen and oxygen atoms in total. The molecule has 1 aliphatic rings. The summed E-state index contributed by atoms with van der Waals surface area (Å²) < 4.78 is 7.55. The average Bonchev–Trinajstić information content (AvgIpc) is 3.30. The zero-order valence-electron chi connectivity index (χ0n) is 13.3. The molecule has 3 rings (SSSR count). The van der Waals surface area contributed by atoms with Gasteiger partial charge < -0.3 is 10.1 Å². The maximum absolute atomic E-state index is 12.7. The topological polar surface area (TPSA) is 56.2 Å². The van der Waals surface area contributed by atoms with E-state index in [0.717, 1.165) is 5.56 Å². The van der Waals surface area contributed by atoms with Crippen LogP contribution >= 0.6 is 11.6 Å². The van der Waals surface area contributed by atoms with Gasteiger partial charge in [0, 0.05) is 12.1 Å². The van der Waals surface area contributed by atoms with Crippen molar-refractivity contribution in [3.63, 3.8) is 0 Å². The summed E-state index contributed by atoms with van der Waals surface area (Å²) in [7, 11) is 0. The van der Waals surface area contributed by atoms with Crippen molar-refractivity contribution in [3.05, 3.63) is 40.5 Å². The lowest BCUT2D eigenvalue weighted by Gasteiger charge is -2.14. The molecule has 1 aromatic carbocycles. The summed E-state index contributed by atoms with van der Waals surface area (Å²) in [6.45, 7) is 5.19. The third-order valence-electron chi connectivity index (χ3n) is 3.93. The SMILES string of the molecule is CCn1ncc(C)c1NC(=O)c1c(Cl)cccc1OCC1CC1. The number of carbonyl (C=O) groups is 1. The molecule has 0 aliphatic heterocycles. The Morgan fingerprint density at radius 1 is 1.48 bits per heavy atom. The lowest BCUT2D eigenvalue weighted by atomic mass is 10.2. The van der Waals surface area contributed by atoms with E-state index in [4.69, 9.17) is 16.3 Å². The highest BCUT2D eigenvalue weighted by atomic mass is 35.5. The molecule has 0 bridgehead atoms. The molecule has 122 valence electrons. The minimum absolute atomic E-state index is 0.278. The van der Waals surface area contributed by atoms with E-state index in [1.54, 1.807) is 29.1 Å². The molecular weight excluding hydrogens is 314 g/mol. The fraction of sp³-hybridized carbons (Fsp3) is 0.412. The van der Waals surface area contributed by atoms with Crippen molar-refractivity contribution in [3.8, 4) is 5.75 Å². The van der Waals surface area contributed by atoms with Crippen LogP contribution in [0.1, 0.15) is 35.7 Å². The summed E-state index contributed by atoms with van der Waals surface area (Å²) in [5.41, 5.74) is 1.28. The lowest BCUT2D eigenvalue weighted by Crippen LogP contribution is -2.18. The number of amides is 1.